The van der Waals surface area contributed by atoms with Gasteiger partial charge in [-0.05, 0) is 51.7 Å². The lowest BCUT2D eigenvalue weighted by Gasteiger charge is -2.26. The molecule has 1 aliphatic carbocycles. The lowest BCUT2D eigenvalue weighted by Crippen LogP contribution is -2.30. The first-order valence-corrected chi connectivity index (χ1v) is 11.4. The average Bonchev–Trinajstić information content (AvgIpc) is 3.31. The number of hydrogen-bond acceptors (Lipinski definition) is 7. The Morgan fingerprint density at radius 3 is 2.71 bits per heavy atom. The number of hydroxylamine groups is 1. The molecular weight excluding hydrogens is 396 g/mol. The van der Waals surface area contributed by atoms with E-state index < -0.39 is 5.91 Å². The molecule has 9 nitrogen and oxygen atoms in total. The molecule has 0 aromatic carbocycles. The molecule has 1 amide bonds. The molecule has 0 unspecified atom stereocenters. The van der Waals surface area contributed by atoms with Crippen LogP contribution < -0.4 is 16.2 Å². The zero-order valence-electron chi connectivity index (χ0n) is 18.2. The number of carbonyl (C=O) groups is 1. The number of fused-ring (bicyclic) bond motifs is 1. The summed E-state index contributed by atoms with van der Waals surface area (Å²) in [6.45, 7) is 4.24. The minimum atomic E-state index is -0.553. The van der Waals surface area contributed by atoms with Crippen molar-refractivity contribution < 1.29 is 9.63 Å². The summed E-state index contributed by atoms with van der Waals surface area (Å²) in [7, 11) is 1.35. The Morgan fingerprint density at radius 2 is 1.97 bits per heavy atom. The summed E-state index contributed by atoms with van der Waals surface area (Å²) in [4.78, 5) is 41.6. The van der Waals surface area contributed by atoms with Crippen molar-refractivity contribution in [1.29, 1.82) is 0 Å². The first kappa shape index (κ1) is 21.7. The van der Waals surface area contributed by atoms with Crippen LogP contribution in [0.15, 0.2) is 17.2 Å². The zero-order valence-corrected chi connectivity index (χ0v) is 18.2. The van der Waals surface area contributed by atoms with Crippen molar-refractivity contribution in [2.24, 2.45) is 0 Å². The minimum absolute atomic E-state index is 0.0508. The number of aromatic nitrogens is 3. The topological polar surface area (TPSA) is 101 Å². The molecule has 0 spiro atoms. The Bertz CT molecular complexity index is 964. The summed E-state index contributed by atoms with van der Waals surface area (Å²) in [5.41, 5.74) is 2.52. The molecule has 4 rings (SSSR count). The molecule has 2 aromatic rings. The van der Waals surface area contributed by atoms with E-state index in [0.717, 1.165) is 45.2 Å². The van der Waals surface area contributed by atoms with Gasteiger partial charge in [-0.25, -0.2) is 10.5 Å². The first-order chi connectivity index (χ1) is 15.2. The molecule has 0 atom stereocenters. The van der Waals surface area contributed by atoms with Gasteiger partial charge in [0.05, 0.1) is 12.5 Å². The Kier molecular flexibility index (Phi) is 7.14. The number of nitrogens with one attached hydrogen (secondary N) is 2. The van der Waals surface area contributed by atoms with Gasteiger partial charge < -0.3 is 14.8 Å². The van der Waals surface area contributed by atoms with Crippen LogP contribution in [-0.2, 0) is 4.84 Å². The molecule has 1 aliphatic heterocycles. The van der Waals surface area contributed by atoms with Crippen molar-refractivity contribution >= 4 is 22.9 Å². The number of pyridine rings is 1. The second-order valence-electron chi connectivity index (χ2n) is 8.47. The normalized spacial score (nSPS) is 17.8. The van der Waals surface area contributed by atoms with E-state index in [1.807, 2.05) is 4.57 Å². The van der Waals surface area contributed by atoms with Crippen LogP contribution in [0.4, 0.5) is 5.95 Å². The van der Waals surface area contributed by atoms with Gasteiger partial charge in [-0.1, -0.05) is 19.3 Å². The number of rotatable bonds is 8. The predicted octanol–water partition coefficient (Wildman–Crippen LogP) is 2.49. The highest BCUT2D eigenvalue weighted by molar-refractivity contribution is 5.96. The van der Waals surface area contributed by atoms with Gasteiger partial charge in [-0.3, -0.25) is 14.4 Å². The Labute approximate surface area is 182 Å². The molecule has 2 N–H and O–H groups in total. The lowest BCUT2D eigenvalue weighted by molar-refractivity contribution is 0.0535. The van der Waals surface area contributed by atoms with Crippen molar-refractivity contribution in [3.8, 4) is 0 Å². The highest BCUT2D eigenvalue weighted by Crippen LogP contribution is 2.30. The summed E-state index contributed by atoms with van der Waals surface area (Å²) in [6, 6.07) is 0.212. The van der Waals surface area contributed by atoms with E-state index >= 15 is 0 Å². The smallest absolute Gasteiger partial charge is 0.280 e. The third-order valence-electron chi connectivity index (χ3n) is 6.31. The van der Waals surface area contributed by atoms with E-state index in [2.05, 4.69) is 20.7 Å². The molecule has 1 saturated carbocycles. The summed E-state index contributed by atoms with van der Waals surface area (Å²) in [6.07, 6.45) is 12.3. The van der Waals surface area contributed by atoms with Crippen molar-refractivity contribution in [1.82, 2.24) is 24.9 Å². The third-order valence-corrected chi connectivity index (χ3v) is 6.31. The number of likely N-dealkylation sites (tertiary alicyclic amines) is 1. The molecule has 9 heteroatoms. The van der Waals surface area contributed by atoms with Gasteiger partial charge in [-0.2, -0.15) is 4.98 Å². The molecule has 3 heterocycles. The zero-order chi connectivity index (χ0) is 21.6. The van der Waals surface area contributed by atoms with Crippen molar-refractivity contribution in [3.63, 3.8) is 0 Å². The SMILES string of the molecule is CONC(=O)c1cn(C2CCCCC2)c2nc(NCCCN3CCCC3)ncc2c1=O. The van der Waals surface area contributed by atoms with Gasteiger partial charge in [0.25, 0.3) is 5.91 Å². The number of hydrogen-bond donors (Lipinski definition) is 2. The molecule has 168 valence electrons. The molecule has 2 aliphatic rings. The maximum atomic E-state index is 13.0. The van der Waals surface area contributed by atoms with E-state index in [-0.39, 0.29) is 17.0 Å². The maximum Gasteiger partial charge on any atom is 0.280 e. The molecule has 1 saturated heterocycles. The molecule has 2 aromatic heterocycles. The molecule has 0 radical (unpaired) electrons. The molecule has 31 heavy (non-hydrogen) atoms. The van der Waals surface area contributed by atoms with E-state index in [4.69, 9.17) is 9.82 Å². The van der Waals surface area contributed by atoms with Gasteiger partial charge in [0.1, 0.15) is 11.2 Å². The summed E-state index contributed by atoms with van der Waals surface area (Å²) in [5, 5.41) is 3.66. The van der Waals surface area contributed by atoms with Crippen LogP contribution in [0, 0.1) is 0 Å². The fraction of sp³-hybridized carbons (Fsp3) is 0.636. The van der Waals surface area contributed by atoms with Gasteiger partial charge in [0, 0.05) is 25.0 Å². The minimum Gasteiger partial charge on any atom is -0.354 e. The summed E-state index contributed by atoms with van der Waals surface area (Å²) >= 11 is 0. The van der Waals surface area contributed by atoms with Gasteiger partial charge >= 0.3 is 0 Å². The molecular formula is C22H32N6O3. The Morgan fingerprint density at radius 1 is 1.19 bits per heavy atom. The van der Waals surface area contributed by atoms with Crippen LogP contribution in [0.25, 0.3) is 11.0 Å². The standard InChI is InChI=1S/C22H32N6O3/c1-31-26-21(30)18-15-28(16-8-3-2-4-9-16)20-17(19(18)29)14-24-22(25-20)23-10-7-13-27-11-5-6-12-27/h14-16H,2-13H2,1H3,(H,26,30)(H,23,24,25). The highest BCUT2D eigenvalue weighted by atomic mass is 16.6. The third kappa shape index (κ3) is 5.04. The van der Waals surface area contributed by atoms with E-state index in [0.29, 0.717) is 17.0 Å². The monoisotopic (exact) mass is 428 g/mol. The van der Waals surface area contributed by atoms with Crippen LogP contribution >= 0.6 is 0 Å². The van der Waals surface area contributed by atoms with Crippen molar-refractivity contribution in [3.05, 3.63) is 28.2 Å². The second-order valence-corrected chi connectivity index (χ2v) is 8.47. The van der Waals surface area contributed by atoms with Crippen molar-refractivity contribution in [2.75, 3.05) is 38.6 Å². The van der Waals surface area contributed by atoms with Crippen LogP contribution in [0.1, 0.15) is 67.8 Å². The first-order valence-electron chi connectivity index (χ1n) is 11.4. The van der Waals surface area contributed by atoms with E-state index in [1.54, 1.807) is 6.20 Å². The Hall–Kier alpha value is -2.52. The second kappa shape index (κ2) is 10.2. The van der Waals surface area contributed by atoms with Crippen molar-refractivity contribution in [2.45, 2.75) is 57.4 Å². The van der Waals surface area contributed by atoms with Gasteiger partial charge in [0.15, 0.2) is 0 Å². The largest absolute Gasteiger partial charge is 0.354 e. The number of amides is 1. The fourth-order valence-corrected chi connectivity index (χ4v) is 4.67. The van der Waals surface area contributed by atoms with Crippen LogP contribution in [0.3, 0.4) is 0 Å². The summed E-state index contributed by atoms with van der Waals surface area (Å²) in [5.74, 6) is -0.0324. The van der Waals surface area contributed by atoms with Crippen LogP contribution in [-0.4, -0.2) is 58.6 Å². The lowest BCUT2D eigenvalue weighted by atomic mass is 9.95. The van der Waals surface area contributed by atoms with E-state index in [9.17, 15) is 9.59 Å². The van der Waals surface area contributed by atoms with Crippen LogP contribution in [0.5, 0.6) is 0 Å². The molecule has 0 bridgehead atoms. The summed E-state index contributed by atoms with van der Waals surface area (Å²) < 4.78 is 2.00. The predicted molar refractivity (Wildman–Crippen MR) is 119 cm³/mol. The average molecular weight is 429 g/mol. The Balaban J connectivity index is 1.60. The van der Waals surface area contributed by atoms with Crippen LogP contribution in [0.2, 0.25) is 0 Å². The van der Waals surface area contributed by atoms with E-state index in [1.165, 1.54) is 45.7 Å². The van der Waals surface area contributed by atoms with Gasteiger partial charge in [-0.15, -0.1) is 0 Å². The quantitative estimate of drug-likeness (QED) is 0.492. The number of carbonyl (C=O) groups excluding carboxylic acids is 1. The molecule has 2 fully saturated rings. The number of nitrogens with zero attached hydrogens (tertiary/aromatic N) is 4. The number of anilines is 1. The highest BCUT2D eigenvalue weighted by Gasteiger charge is 2.22. The van der Waals surface area contributed by atoms with Gasteiger partial charge in [0.2, 0.25) is 11.4 Å². The fourth-order valence-electron chi connectivity index (χ4n) is 4.67. The maximum absolute atomic E-state index is 13.0.